The fraction of sp³-hybridized carbons (Fsp3) is 0.200. The number of ether oxygens (including phenoxy) is 1. The van der Waals surface area contributed by atoms with Crippen molar-refractivity contribution in [2.45, 2.75) is 22.0 Å². The summed E-state index contributed by atoms with van der Waals surface area (Å²) in [6, 6.07) is 17.5. The molecule has 0 aliphatic carbocycles. The lowest BCUT2D eigenvalue weighted by atomic mass is 10.3. The maximum atomic E-state index is 13.2. The molecule has 6 nitrogen and oxygen atoms in total. The molecule has 0 bridgehead atoms. The van der Waals surface area contributed by atoms with E-state index >= 15 is 0 Å². The van der Waals surface area contributed by atoms with Gasteiger partial charge in [-0.3, -0.25) is 0 Å². The first kappa shape index (κ1) is 21.5. The van der Waals surface area contributed by atoms with Crippen LogP contribution < -0.4 is 9.46 Å². The van der Waals surface area contributed by atoms with E-state index < -0.39 is 25.1 Å². The minimum Gasteiger partial charge on any atom is -0.494 e. The molecule has 9 heteroatoms. The van der Waals surface area contributed by atoms with E-state index in [9.17, 15) is 16.8 Å². The van der Waals surface area contributed by atoms with Crippen molar-refractivity contribution >= 4 is 31.2 Å². The zero-order valence-electron chi connectivity index (χ0n) is 15.7. The fourth-order valence-corrected chi connectivity index (χ4v) is 6.72. The van der Waals surface area contributed by atoms with Crippen LogP contribution in [0.5, 0.6) is 5.75 Å². The van der Waals surface area contributed by atoms with Crippen LogP contribution in [0.4, 0.5) is 0 Å². The van der Waals surface area contributed by atoms with E-state index in [1.807, 2.05) is 6.92 Å². The third kappa shape index (κ3) is 5.05. The van der Waals surface area contributed by atoms with Gasteiger partial charge in [0.05, 0.1) is 16.4 Å². The average molecular weight is 452 g/mol. The highest BCUT2D eigenvalue weighted by molar-refractivity contribution is 7.92. The largest absolute Gasteiger partial charge is 0.494 e. The second-order valence-electron chi connectivity index (χ2n) is 6.12. The molecule has 1 atom stereocenters. The zero-order chi connectivity index (χ0) is 20.9. The predicted octanol–water partition coefficient (Wildman–Crippen LogP) is 3.64. The third-order valence-corrected chi connectivity index (χ3v) is 8.88. The lowest BCUT2D eigenvalue weighted by Crippen LogP contribution is -2.31. The van der Waals surface area contributed by atoms with Gasteiger partial charge in [-0.05, 0) is 54.8 Å². The second-order valence-corrected chi connectivity index (χ2v) is 11.0. The van der Waals surface area contributed by atoms with Gasteiger partial charge in [0.2, 0.25) is 10.0 Å². The van der Waals surface area contributed by atoms with Crippen molar-refractivity contribution in [1.82, 2.24) is 4.72 Å². The number of hydrogen-bond donors (Lipinski definition) is 1. The van der Waals surface area contributed by atoms with Gasteiger partial charge in [0, 0.05) is 11.4 Å². The number of sulfone groups is 1. The van der Waals surface area contributed by atoms with E-state index in [1.54, 1.807) is 47.8 Å². The van der Waals surface area contributed by atoms with Crippen molar-refractivity contribution in [3.63, 3.8) is 0 Å². The van der Waals surface area contributed by atoms with Crippen LogP contribution in [0.1, 0.15) is 17.1 Å². The molecule has 3 rings (SSSR count). The first-order valence-electron chi connectivity index (χ1n) is 8.89. The topological polar surface area (TPSA) is 89.5 Å². The molecule has 0 saturated carbocycles. The second kappa shape index (κ2) is 9.08. The summed E-state index contributed by atoms with van der Waals surface area (Å²) >= 11 is 1.28. The van der Waals surface area contributed by atoms with Gasteiger partial charge < -0.3 is 4.74 Å². The molecule has 0 aliphatic rings. The lowest BCUT2D eigenvalue weighted by molar-refractivity contribution is 0.340. The van der Waals surface area contributed by atoms with Crippen molar-refractivity contribution in [2.75, 3.05) is 13.2 Å². The highest BCUT2D eigenvalue weighted by Gasteiger charge is 2.31. The molecular formula is C20H21NO5S3. The van der Waals surface area contributed by atoms with Crippen molar-refractivity contribution in [1.29, 1.82) is 0 Å². The Hall–Kier alpha value is -2.20. The molecule has 0 spiro atoms. The summed E-state index contributed by atoms with van der Waals surface area (Å²) in [6.07, 6.45) is 0. The third-order valence-electron chi connectivity index (χ3n) is 4.21. The Morgan fingerprint density at radius 2 is 1.59 bits per heavy atom. The fourth-order valence-electron chi connectivity index (χ4n) is 2.76. The van der Waals surface area contributed by atoms with Crippen LogP contribution in [-0.4, -0.2) is 30.0 Å². The molecular weight excluding hydrogens is 430 g/mol. The lowest BCUT2D eigenvalue weighted by Gasteiger charge is -2.17. The highest BCUT2D eigenvalue weighted by Crippen LogP contribution is 2.31. The molecule has 3 aromatic rings. The van der Waals surface area contributed by atoms with Crippen molar-refractivity contribution < 1.29 is 21.6 Å². The standard InChI is InChI=1S/C20H21NO5S3/c1-2-26-16-10-12-18(13-11-16)29(24,25)21-15-20(19-9-6-14-27-19)28(22,23)17-7-4-3-5-8-17/h3-14,20-21H,2,15H2,1H3/t20-/m0/s1. The first-order valence-corrected chi connectivity index (χ1v) is 12.8. The Bertz CT molecular complexity index is 1120. The molecule has 0 saturated heterocycles. The quantitative estimate of drug-likeness (QED) is 0.536. The van der Waals surface area contributed by atoms with Crippen LogP contribution in [-0.2, 0) is 19.9 Å². The van der Waals surface area contributed by atoms with E-state index in [-0.39, 0.29) is 16.3 Å². The highest BCUT2D eigenvalue weighted by atomic mass is 32.2. The summed E-state index contributed by atoms with van der Waals surface area (Å²) in [4.78, 5) is 0.768. The summed E-state index contributed by atoms with van der Waals surface area (Å²) < 4.78 is 59.5. The number of benzene rings is 2. The summed E-state index contributed by atoms with van der Waals surface area (Å²) in [6.45, 7) is 2.04. The SMILES string of the molecule is CCOc1ccc(S(=O)(=O)NC[C@@H](c2cccs2)S(=O)(=O)c2ccccc2)cc1. The van der Waals surface area contributed by atoms with Gasteiger partial charge in [-0.15, -0.1) is 11.3 Å². The molecule has 154 valence electrons. The molecule has 29 heavy (non-hydrogen) atoms. The summed E-state index contributed by atoms with van der Waals surface area (Å²) in [7, 11) is -7.67. The van der Waals surface area contributed by atoms with Crippen LogP contribution in [0.2, 0.25) is 0 Å². The summed E-state index contributed by atoms with van der Waals surface area (Å²) in [5, 5.41) is 0.742. The van der Waals surface area contributed by atoms with Crippen LogP contribution >= 0.6 is 11.3 Å². The molecule has 0 unspecified atom stereocenters. The van der Waals surface area contributed by atoms with Crippen LogP contribution in [0.25, 0.3) is 0 Å². The summed E-state index contributed by atoms with van der Waals surface area (Å²) in [5.41, 5.74) is 0. The van der Waals surface area contributed by atoms with E-state index in [1.165, 1.54) is 35.6 Å². The number of rotatable bonds is 9. The molecule has 1 N–H and O–H groups in total. The van der Waals surface area contributed by atoms with Gasteiger partial charge in [0.15, 0.2) is 9.84 Å². The van der Waals surface area contributed by atoms with Gasteiger partial charge in [-0.2, -0.15) is 0 Å². The Labute approximate surface area is 175 Å². The maximum absolute atomic E-state index is 13.2. The molecule has 2 aromatic carbocycles. The first-order chi connectivity index (χ1) is 13.8. The van der Waals surface area contributed by atoms with Crippen molar-refractivity contribution in [2.24, 2.45) is 0 Å². The van der Waals surface area contributed by atoms with E-state index in [0.717, 1.165) is 0 Å². The number of sulfonamides is 1. The number of nitrogens with one attached hydrogen (secondary N) is 1. The van der Waals surface area contributed by atoms with Crippen molar-refractivity contribution in [3.05, 3.63) is 77.0 Å². The van der Waals surface area contributed by atoms with E-state index in [0.29, 0.717) is 17.2 Å². The molecule has 1 aromatic heterocycles. The number of hydrogen-bond acceptors (Lipinski definition) is 6. The van der Waals surface area contributed by atoms with E-state index in [2.05, 4.69) is 4.72 Å². The van der Waals surface area contributed by atoms with Crippen LogP contribution in [0.15, 0.2) is 81.9 Å². The smallest absolute Gasteiger partial charge is 0.240 e. The molecule has 1 heterocycles. The van der Waals surface area contributed by atoms with E-state index in [4.69, 9.17) is 4.74 Å². The van der Waals surface area contributed by atoms with Gasteiger partial charge in [-0.1, -0.05) is 24.3 Å². The number of thiophene rings is 1. The van der Waals surface area contributed by atoms with Gasteiger partial charge in [0.25, 0.3) is 0 Å². The molecule has 0 fully saturated rings. The minimum absolute atomic E-state index is 0.0444. The Morgan fingerprint density at radius 3 is 2.17 bits per heavy atom. The predicted molar refractivity (Wildman–Crippen MR) is 113 cm³/mol. The van der Waals surface area contributed by atoms with Crippen LogP contribution in [0, 0.1) is 0 Å². The Balaban J connectivity index is 1.86. The molecule has 0 radical (unpaired) electrons. The average Bonchev–Trinajstić information content (AvgIpc) is 3.23. The van der Waals surface area contributed by atoms with Crippen molar-refractivity contribution in [3.8, 4) is 5.75 Å². The molecule has 0 aliphatic heterocycles. The van der Waals surface area contributed by atoms with Crippen LogP contribution in [0.3, 0.4) is 0 Å². The molecule has 0 amide bonds. The minimum atomic E-state index is -3.89. The van der Waals surface area contributed by atoms with Gasteiger partial charge >= 0.3 is 0 Å². The maximum Gasteiger partial charge on any atom is 0.240 e. The van der Waals surface area contributed by atoms with Gasteiger partial charge in [0.1, 0.15) is 11.0 Å². The summed E-state index contributed by atoms with van der Waals surface area (Å²) in [5.74, 6) is 0.564. The normalized spacial score (nSPS) is 13.1. The zero-order valence-corrected chi connectivity index (χ0v) is 18.1. The van der Waals surface area contributed by atoms with Gasteiger partial charge in [-0.25, -0.2) is 21.6 Å². The monoisotopic (exact) mass is 451 g/mol. The Morgan fingerprint density at radius 1 is 0.897 bits per heavy atom. The Kier molecular flexibility index (Phi) is 6.74.